The van der Waals surface area contributed by atoms with Crippen LogP contribution in [0.4, 0.5) is 11.6 Å². The van der Waals surface area contributed by atoms with Gasteiger partial charge in [-0.3, -0.25) is 0 Å². The van der Waals surface area contributed by atoms with E-state index in [9.17, 15) is 0 Å². The molecule has 5 rings (SSSR count). The van der Waals surface area contributed by atoms with Crippen LogP contribution in [0, 0.1) is 0 Å². The molecule has 5 heterocycles. The highest BCUT2D eigenvalue weighted by Gasteiger charge is 2.23. The van der Waals surface area contributed by atoms with Crippen LogP contribution in [0.3, 0.4) is 0 Å². The Labute approximate surface area is 155 Å². The summed E-state index contributed by atoms with van der Waals surface area (Å²) < 4.78 is 6.91. The van der Waals surface area contributed by atoms with Gasteiger partial charge in [-0.05, 0) is 41.7 Å². The Kier molecular flexibility index (Phi) is 3.84. The van der Waals surface area contributed by atoms with Crippen LogP contribution in [-0.2, 0) is 6.54 Å². The van der Waals surface area contributed by atoms with Gasteiger partial charge in [0.1, 0.15) is 5.65 Å². The second kappa shape index (κ2) is 6.49. The number of imidazole rings is 1. The van der Waals surface area contributed by atoms with Gasteiger partial charge in [0, 0.05) is 26.3 Å². The molecule has 9 nitrogen and oxygen atoms in total. The van der Waals surface area contributed by atoms with Gasteiger partial charge in [-0.1, -0.05) is 6.07 Å². The molecule has 4 aromatic rings. The lowest BCUT2D eigenvalue weighted by molar-refractivity contribution is 0.314. The van der Waals surface area contributed by atoms with Crippen molar-refractivity contribution in [2.45, 2.75) is 25.8 Å². The molecule has 0 radical (unpaired) electrons. The van der Waals surface area contributed by atoms with Crippen molar-refractivity contribution < 1.29 is 4.63 Å². The molecule has 138 valence electrons. The van der Waals surface area contributed by atoms with E-state index in [-0.39, 0.29) is 0 Å². The summed E-state index contributed by atoms with van der Waals surface area (Å²) >= 11 is 0. The third-order valence-electron chi connectivity index (χ3n) is 4.99. The highest BCUT2D eigenvalue weighted by molar-refractivity contribution is 5.74. The lowest BCUT2D eigenvalue weighted by atomic mass is 10.1. The van der Waals surface area contributed by atoms with Crippen LogP contribution >= 0.6 is 0 Å². The Morgan fingerprint density at radius 3 is 2.74 bits per heavy atom. The van der Waals surface area contributed by atoms with Crippen LogP contribution in [0.25, 0.3) is 16.9 Å². The van der Waals surface area contributed by atoms with Crippen molar-refractivity contribution in [3.05, 3.63) is 36.3 Å². The maximum atomic E-state index is 4.83. The molecule has 4 aromatic heterocycles. The molecule has 0 amide bonds. The summed E-state index contributed by atoms with van der Waals surface area (Å²) in [6, 6.07) is 5.99. The summed E-state index contributed by atoms with van der Waals surface area (Å²) in [5, 5.41) is 7.74. The third-order valence-corrected chi connectivity index (χ3v) is 4.99. The number of hydrogen-bond donors (Lipinski definition) is 0. The van der Waals surface area contributed by atoms with Crippen molar-refractivity contribution in [2.75, 3.05) is 29.9 Å². The van der Waals surface area contributed by atoms with E-state index in [2.05, 4.69) is 29.5 Å². The molecule has 0 bridgehead atoms. The average Bonchev–Trinajstić information content (AvgIpc) is 3.34. The maximum absolute atomic E-state index is 4.83. The lowest BCUT2D eigenvalue weighted by Crippen LogP contribution is -2.32. The normalized spacial score (nSPS) is 14.9. The zero-order valence-corrected chi connectivity index (χ0v) is 15.1. The van der Waals surface area contributed by atoms with Gasteiger partial charge >= 0.3 is 0 Å². The van der Waals surface area contributed by atoms with E-state index in [0.29, 0.717) is 17.8 Å². The summed E-state index contributed by atoms with van der Waals surface area (Å²) in [5.74, 6) is 1.63. The van der Waals surface area contributed by atoms with Crippen LogP contribution in [0.2, 0.25) is 0 Å². The molecule has 0 atom stereocenters. The average molecular weight is 364 g/mol. The molecular formula is C18H20N8O. The molecule has 1 saturated heterocycles. The standard InChI is InChI=1S/C18H20N8O/c1-24(12-13-11-19-14-7-3-6-10-26(13)14)17-18(25-8-4-2-5-9-25)21-16-15(20-17)22-27-23-16/h3,6-7,10-11H,2,4-5,8-9,12H2,1H3. The first-order valence-corrected chi connectivity index (χ1v) is 9.17. The van der Waals surface area contributed by atoms with E-state index in [1.807, 2.05) is 37.6 Å². The molecule has 9 heteroatoms. The highest BCUT2D eigenvalue weighted by Crippen LogP contribution is 2.29. The largest absolute Gasteiger partial charge is 0.353 e. The minimum atomic E-state index is 0.427. The predicted molar refractivity (Wildman–Crippen MR) is 101 cm³/mol. The Morgan fingerprint density at radius 2 is 1.89 bits per heavy atom. The second-order valence-corrected chi connectivity index (χ2v) is 6.86. The summed E-state index contributed by atoms with van der Waals surface area (Å²) in [5.41, 5.74) is 2.88. The van der Waals surface area contributed by atoms with Gasteiger partial charge in [0.2, 0.25) is 11.3 Å². The van der Waals surface area contributed by atoms with Crippen molar-refractivity contribution in [1.29, 1.82) is 0 Å². The monoisotopic (exact) mass is 364 g/mol. The van der Waals surface area contributed by atoms with Crippen LogP contribution in [0.5, 0.6) is 0 Å². The Morgan fingerprint density at radius 1 is 1.07 bits per heavy atom. The number of aromatic nitrogens is 6. The molecule has 27 heavy (non-hydrogen) atoms. The van der Waals surface area contributed by atoms with Gasteiger partial charge in [-0.25, -0.2) is 19.6 Å². The van der Waals surface area contributed by atoms with Crippen LogP contribution < -0.4 is 9.80 Å². The number of rotatable bonds is 4. The summed E-state index contributed by atoms with van der Waals surface area (Å²) in [7, 11) is 2.01. The lowest BCUT2D eigenvalue weighted by Gasteiger charge is -2.30. The number of piperidine rings is 1. The first-order valence-electron chi connectivity index (χ1n) is 9.17. The SMILES string of the molecule is CN(Cc1cnc2ccccn12)c1nc2nonc2nc1N1CCCCC1. The van der Waals surface area contributed by atoms with Gasteiger partial charge in [0.15, 0.2) is 11.6 Å². The first-order chi connectivity index (χ1) is 13.3. The van der Waals surface area contributed by atoms with Crippen LogP contribution in [0.15, 0.2) is 35.2 Å². The molecule has 1 fully saturated rings. The van der Waals surface area contributed by atoms with Crippen molar-refractivity contribution in [3.8, 4) is 0 Å². The van der Waals surface area contributed by atoms with Crippen molar-refractivity contribution in [3.63, 3.8) is 0 Å². The molecule has 1 aliphatic heterocycles. The molecule has 0 aromatic carbocycles. The fourth-order valence-corrected chi connectivity index (χ4v) is 3.61. The molecule has 1 aliphatic rings. The number of nitrogens with zero attached hydrogens (tertiary/aromatic N) is 8. The van der Waals surface area contributed by atoms with Gasteiger partial charge in [-0.15, -0.1) is 0 Å². The minimum Gasteiger partial charge on any atom is -0.353 e. The van der Waals surface area contributed by atoms with Crippen molar-refractivity contribution in [1.82, 2.24) is 29.7 Å². The van der Waals surface area contributed by atoms with Gasteiger partial charge in [0.25, 0.3) is 0 Å². The van der Waals surface area contributed by atoms with E-state index in [0.717, 1.165) is 48.9 Å². The number of anilines is 2. The van der Waals surface area contributed by atoms with E-state index < -0.39 is 0 Å². The number of fused-ring (bicyclic) bond motifs is 2. The molecule has 0 unspecified atom stereocenters. The Balaban J connectivity index is 1.53. The molecule has 0 aliphatic carbocycles. The third kappa shape index (κ3) is 2.84. The molecular weight excluding hydrogens is 344 g/mol. The van der Waals surface area contributed by atoms with Gasteiger partial charge in [-0.2, -0.15) is 0 Å². The molecule has 0 spiro atoms. The molecule has 0 N–H and O–H groups in total. The fourth-order valence-electron chi connectivity index (χ4n) is 3.61. The zero-order chi connectivity index (χ0) is 18.2. The Bertz CT molecular complexity index is 1080. The van der Waals surface area contributed by atoms with Crippen molar-refractivity contribution in [2.24, 2.45) is 0 Å². The first kappa shape index (κ1) is 16.0. The number of hydrogen-bond acceptors (Lipinski definition) is 8. The quantitative estimate of drug-likeness (QED) is 0.545. The van der Waals surface area contributed by atoms with E-state index in [4.69, 9.17) is 14.6 Å². The summed E-state index contributed by atoms with van der Waals surface area (Å²) in [6.45, 7) is 2.60. The fraction of sp³-hybridized carbons (Fsp3) is 0.389. The smallest absolute Gasteiger partial charge is 0.245 e. The summed E-state index contributed by atoms with van der Waals surface area (Å²) in [6.07, 6.45) is 7.49. The number of pyridine rings is 1. The van der Waals surface area contributed by atoms with Crippen LogP contribution in [0.1, 0.15) is 25.0 Å². The van der Waals surface area contributed by atoms with Gasteiger partial charge in [0.05, 0.1) is 18.4 Å². The molecule has 0 saturated carbocycles. The highest BCUT2D eigenvalue weighted by atomic mass is 16.6. The minimum absolute atomic E-state index is 0.427. The van der Waals surface area contributed by atoms with E-state index >= 15 is 0 Å². The van der Waals surface area contributed by atoms with E-state index in [1.165, 1.54) is 6.42 Å². The maximum Gasteiger partial charge on any atom is 0.245 e. The van der Waals surface area contributed by atoms with Crippen molar-refractivity contribution >= 4 is 28.6 Å². The Hall–Kier alpha value is -3.23. The topological polar surface area (TPSA) is 88.5 Å². The zero-order valence-electron chi connectivity index (χ0n) is 15.1. The van der Waals surface area contributed by atoms with E-state index in [1.54, 1.807) is 0 Å². The second-order valence-electron chi connectivity index (χ2n) is 6.86. The van der Waals surface area contributed by atoms with Gasteiger partial charge < -0.3 is 14.2 Å². The van der Waals surface area contributed by atoms with Crippen LogP contribution in [-0.4, -0.2) is 49.8 Å². The predicted octanol–water partition coefficient (Wildman–Crippen LogP) is 2.29. The summed E-state index contributed by atoms with van der Waals surface area (Å²) in [4.78, 5) is 18.2.